The number of amides is 1. The number of benzene rings is 1. The topological polar surface area (TPSA) is 82.3 Å². The van der Waals surface area contributed by atoms with Crippen LogP contribution in [0.5, 0.6) is 0 Å². The fourth-order valence-electron chi connectivity index (χ4n) is 1.75. The van der Waals surface area contributed by atoms with Crippen LogP contribution in [0.15, 0.2) is 52.1 Å². The third kappa shape index (κ3) is 5.54. The first kappa shape index (κ1) is 18.3. The molecule has 0 spiro atoms. The van der Waals surface area contributed by atoms with Gasteiger partial charge in [0.05, 0.1) is 5.69 Å². The molecule has 0 saturated heterocycles. The number of anilines is 1. The first-order chi connectivity index (χ1) is 11.5. The molecule has 1 N–H and O–H groups in total. The fraction of sp³-hybridized carbons (Fsp3) is 0.188. The van der Waals surface area contributed by atoms with E-state index in [4.69, 9.17) is 4.74 Å². The summed E-state index contributed by atoms with van der Waals surface area (Å²) >= 11 is 4.41. The number of pyridine rings is 1. The van der Waals surface area contributed by atoms with Gasteiger partial charge >= 0.3 is 5.97 Å². The van der Waals surface area contributed by atoms with Crippen molar-refractivity contribution in [2.75, 3.05) is 17.7 Å². The molecule has 2 rings (SSSR count). The molecular weight excluding hydrogens is 396 g/mol. The highest BCUT2D eigenvalue weighted by molar-refractivity contribution is 9.10. The van der Waals surface area contributed by atoms with E-state index in [9.17, 15) is 14.8 Å². The van der Waals surface area contributed by atoms with Crippen LogP contribution in [0.2, 0.25) is 0 Å². The third-order valence-electron chi connectivity index (χ3n) is 2.89. The van der Waals surface area contributed by atoms with Crippen molar-refractivity contribution in [1.29, 1.82) is 0 Å². The molecule has 0 unspecified atom stereocenters. The second kappa shape index (κ2) is 8.70. The monoisotopic (exact) mass is 410 g/mol. The van der Waals surface area contributed by atoms with E-state index in [1.54, 1.807) is 24.3 Å². The lowest BCUT2D eigenvalue weighted by Gasteiger charge is -2.08. The number of rotatable bonds is 6. The Kier molecular flexibility index (Phi) is 6.62. The summed E-state index contributed by atoms with van der Waals surface area (Å²) in [6, 6.07) is 10.4. The van der Waals surface area contributed by atoms with E-state index in [0.29, 0.717) is 15.4 Å². The summed E-state index contributed by atoms with van der Waals surface area (Å²) in [4.78, 5) is 23.5. The second-order valence-electron chi connectivity index (χ2n) is 4.85. The molecule has 0 aliphatic carbocycles. The SMILES string of the molecule is Cc1ccc(NC(=O)COC(=O)CSc2cccc[n+]2[O-])c(Br)c1. The lowest BCUT2D eigenvalue weighted by atomic mass is 10.2. The van der Waals surface area contributed by atoms with Crippen molar-refractivity contribution in [2.24, 2.45) is 0 Å². The quantitative estimate of drug-likeness (QED) is 0.342. The van der Waals surface area contributed by atoms with Crippen LogP contribution >= 0.6 is 27.7 Å². The molecular formula is C16H15BrN2O4S. The maximum absolute atomic E-state index is 11.8. The zero-order valence-corrected chi connectivity index (χ0v) is 15.2. The smallest absolute Gasteiger partial charge is 0.317 e. The van der Waals surface area contributed by atoms with Gasteiger partial charge in [-0.05, 0) is 58.4 Å². The Morgan fingerprint density at radius 1 is 1.33 bits per heavy atom. The first-order valence-corrected chi connectivity index (χ1v) is 8.76. The van der Waals surface area contributed by atoms with Gasteiger partial charge in [-0.25, -0.2) is 0 Å². The molecule has 1 aromatic heterocycles. The number of nitrogens with zero attached hydrogens (tertiary/aromatic N) is 1. The molecule has 0 atom stereocenters. The number of carbonyl (C=O) groups is 2. The van der Waals surface area contributed by atoms with Gasteiger partial charge in [-0.2, -0.15) is 4.73 Å². The Bertz CT molecular complexity index is 755. The Hall–Kier alpha value is -2.06. The van der Waals surface area contributed by atoms with Crippen LogP contribution in [0, 0.1) is 12.1 Å². The third-order valence-corrected chi connectivity index (χ3v) is 4.54. The lowest BCUT2D eigenvalue weighted by molar-refractivity contribution is -0.645. The zero-order chi connectivity index (χ0) is 17.5. The van der Waals surface area contributed by atoms with Gasteiger partial charge in [0.2, 0.25) is 0 Å². The largest absolute Gasteiger partial charge is 0.618 e. The summed E-state index contributed by atoms with van der Waals surface area (Å²) in [5.74, 6) is -1.05. The van der Waals surface area contributed by atoms with Crippen molar-refractivity contribution in [2.45, 2.75) is 11.9 Å². The van der Waals surface area contributed by atoms with Gasteiger partial charge < -0.3 is 15.3 Å². The van der Waals surface area contributed by atoms with E-state index in [1.807, 2.05) is 19.1 Å². The Morgan fingerprint density at radius 3 is 2.83 bits per heavy atom. The molecule has 24 heavy (non-hydrogen) atoms. The van der Waals surface area contributed by atoms with Crippen LogP contribution in [-0.4, -0.2) is 24.2 Å². The highest BCUT2D eigenvalue weighted by atomic mass is 79.9. The minimum Gasteiger partial charge on any atom is -0.618 e. The lowest BCUT2D eigenvalue weighted by Crippen LogP contribution is -2.28. The van der Waals surface area contributed by atoms with Crippen molar-refractivity contribution in [3.05, 3.63) is 57.8 Å². The number of hydrogen-bond donors (Lipinski definition) is 1. The molecule has 8 heteroatoms. The highest BCUT2D eigenvalue weighted by Gasteiger charge is 2.12. The number of aromatic nitrogens is 1. The summed E-state index contributed by atoms with van der Waals surface area (Å²) in [7, 11) is 0. The van der Waals surface area contributed by atoms with Crippen LogP contribution in [0.3, 0.4) is 0 Å². The second-order valence-corrected chi connectivity index (χ2v) is 6.70. The van der Waals surface area contributed by atoms with Gasteiger partial charge in [0, 0.05) is 16.6 Å². The minimum absolute atomic E-state index is 0.0479. The number of thioether (sulfide) groups is 1. The van der Waals surface area contributed by atoms with E-state index in [0.717, 1.165) is 21.8 Å². The van der Waals surface area contributed by atoms with Crippen molar-refractivity contribution in [3.63, 3.8) is 0 Å². The number of carbonyl (C=O) groups excluding carboxylic acids is 2. The summed E-state index contributed by atoms with van der Waals surface area (Å²) < 4.78 is 6.32. The van der Waals surface area contributed by atoms with Crippen LogP contribution in [0.25, 0.3) is 0 Å². The van der Waals surface area contributed by atoms with Gasteiger partial charge in [-0.15, -0.1) is 0 Å². The van der Waals surface area contributed by atoms with Crippen molar-refractivity contribution in [3.8, 4) is 0 Å². The molecule has 2 aromatic rings. The number of nitrogens with one attached hydrogen (secondary N) is 1. The summed E-state index contributed by atoms with van der Waals surface area (Å²) in [5.41, 5.74) is 1.66. The fourth-order valence-corrected chi connectivity index (χ4v) is 3.06. The minimum atomic E-state index is -0.568. The summed E-state index contributed by atoms with van der Waals surface area (Å²) in [6.07, 6.45) is 1.35. The predicted octanol–water partition coefficient (Wildman–Crippen LogP) is 2.66. The zero-order valence-electron chi connectivity index (χ0n) is 12.8. The number of halogens is 1. The molecule has 0 bridgehead atoms. The summed E-state index contributed by atoms with van der Waals surface area (Å²) in [6.45, 7) is 1.56. The molecule has 0 fully saturated rings. The van der Waals surface area contributed by atoms with Crippen LogP contribution in [0.1, 0.15) is 5.56 Å². The van der Waals surface area contributed by atoms with E-state index < -0.39 is 11.9 Å². The van der Waals surface area contributed by atoms with E-state index in [-0.39, 0.29) is 12.4 Å². The molecule has 126 valence electrons. The van der Waals surface area contributed by atoms with Crippen molar-refractivity contribution in [1.82, 2.24) is 0 Å². The average molecular weight is 411 g/mol. The van der Waals surface area contributed by atoms with E-state index in [1.165, 1.54) is 6.20 Å². The van der Waals surface area contributed by atoms with E-state index in [2.05, 4.69) is 21.2 Å². The van der Waals surface area contributed by atoms with Gasteiger partial charge in [-0.1, -0.05) is 6.07 Å². The molecule has 0 saturated carbocycles. The molecule has 0 aliphatic heterocycles. The Labute approximate surface area is 151 Å². The molecule has 0 radical (unpaired) electrons. The van der Waals surface area contributed by atoms with Crippen molar-refractivity contribution >= 4 is 45.3 Å². The number of hydrogen-bond acceptors (Lipinski definition) is 5. The number of aryl methyl sites for hydroxylation is 1. The molecule has 6 nitrogen and oxygen atoms in total. The Morgan fingerprint density at radius 2 is 2.12 bits per heavy atom. The van der Waals surface area contributed by atoms with Gasteiger partial charge in [0.25, 0.3) is 10.9 Å². The maximum Gasteiger partial charge on any atom is 0.317 e. The van der Waals surface area contributed by atoms with Crippen molar-refractivity contribution < 1.29 is 19.1 Å². The molecule has 0 aliphatic rings. The predicted molar refractivity (Wildman–Crippen MR) is 94.6 cm³/mol. The van der Waals surface area contributed by atoms with E-state index >= 15 is 0 Å². The first-order valence-electron chi connectivity index (χ1n) is 6.98. The highest BCUT2D eigenvalue weighted by Crippen LogP contribution is 2.23. The number of esters is 1. The molecule has 1 amide bonds. The summed E-state index contributed by atoms with van der Waals surface area (Å²) in [5, 5.41) is 14.5. The molecule has 1 heterocycles. The normalized spacial score (nSPS) is 10.2. The van der Waals surface area contributed by atoms with Crippen LogP contribution in [0.4, 0.5) is 5.69 Å². The van der Waals surface area contributed by atoms with Gasteiger partial charge in [-0.3, -0.25) is 9.59 Å². The average Bonchev–Trinajstić information content (AvgIpc) is 2.55. The Balaban J connectivity index is 1.77. The molecule has 1 aromatic carbocycles. The van der Waals surface area contributed by atoms with Gasteiger partial charge in [0.1, 0.15) is 5.75 Å². The van der Waals surface area contributed by atoms with Crippen LogP contribution in [-0.2, 0) is 14.3 Å². The standard InChI is InChI=1S/C16H15BrN2O4S/c1-11-5-6-13(12(17)8-11)18-14(20)9-23-16(21)10-24-15-4-2-3-7-19(15)22/h2-8H,9-10H2,1H3,(H,18,20). The maximum atomic E-state index is 11.8. The van der Waals surface area contributed by atoms with Crippen LogP contribution < -0.4 is 10.0 Å². The number of ether oxygens (including phenoxy) is 1. The van der Waals surface area contributed by atoms with Gasteiger partial charge in [0.15, 0.2) is 12.8 Å².